The van der Waals surface area contributed by atoms with Gasteiger partial charge in [0.15, 0.2) is 0 Å². The predicted molar refractivity (Wildman–Crippen MR) is 81.1 cm³/mol. The van der Waals surface area contributed by atoms with Gasteiger partial charge in [0.25, 0.3) is 0 Å². The molecule has 2 aromatic rings. The fourth-order valence-corrected chi connectivity index (χ4v) is 3.02. The molecule has 3 rings (SSSR count). The second kappa shape index (κ2) is 5.47. The Morgan fingerprint density at radius 3 is 2.79 bits per heavy atom. The van der Waals surface area contributed by atoms with Gasteiger partial charge < -0.3 is 9.47 Å². The fourth-order valence-electron chi connectivity index (χ4n) is 2.76. The number of halogens is 1. The van der Waals surface area contributed by atoms with E-state index in [1.54, 1.807) is 0 Å². The van der Waals surface area contributed by atoms with Crippen molar-refractivity contribution < 1.29 is 0 Å². The molecule has 0 radical (unpaired) electrons. The molecule has 0 N–H and O–H groups in total. The molecule has 1 aromatic heterocycles. The normalized spacial score (nSPS) is 20.0. The Balaban J connectivity index is 1.88. The Hall–Kier alpha value is -1.13. The molecule has 19 heavy (non-hydrogen) atoms. The van der Waals surface area contributed by atoms with E-state index in [9.17, 15) is 0 Å². The van der Waals surface area contributed by atoms with Crippen LogP contribution < -0.4 is 0 Å². The van der Waals surface area contributed by atoms with Crippen molar-refractivity contribution in [2.24, 2.45) is 0 Å². The van der Waals surface area contributed by atoms with Crippen LogP contribution >= 0.6 is 15.9 Å². The minimum absolute atomic E-state index is 0.557. The number of likely N-dealkylation sites (N-methyl/N-ethyl adjacent to an activating group) is 1. The van der Waals surface area contributed by atoms with E-state index in [0.29, 0.717) is 6.04 Å². The van der Waals surface area contributed by atoms with Crippen LogP contribution in [-0.4, -0.2) is 34.1 Å². The van der Waals surface area contributed by atoms with Crippen LogP contribution in [0.1, 0.15) is 19.4 Å². The van der Waals surface area contributed by atoms with E-state index in [2.05, 4.69) is 67.8 Å². The van der Waals surface area contributed by atoms with Gasteiger partial charge in [0.05, 0.1) is 0 Å². The van der Waals surface area contributed by atoms with Gasteiger partial charge in [0, 0.05) is 41.6 Å². The van der Waals surface area contributed by atoms with Crippen LogP contribution in [0.4, 0.5) is 0 Å². The number of benzene rings is 1. The summed E-state index contributed by atoms with van der Waals surface area (Å²) in [7, 11) is 0. The number of hydrogen-bond acceptors (Lipinski definition) is 2. The fraction of sp³-hybridized carbons (Fsp3) is 0.400. The average molecular weight is 320 g/mol. The van der Waals surface area contributed by atoms with Gasteiger partial charge in [-0.1, -0.05) is 35.0 Å². The Kier molecular flexibility index (Phi) is 3.71. The summed E-state index contributed by atoms with van der Waals surface area (Å²) in [4.78, 5) is 7.04. The van der Waals surface area contributed by atoms with Gasteiger partial charge >= 0.3 is 0 Å². The van der Waals surface area contributed by atoms with E-state index < -0.39 is 0 Å². The van der Waals surface area contributed by atoms with Gasteiger partial charge in [-0.15, -0.1) is 0 Å². The quantitative estimate of drug-likeness (QED) is 0.862. The first-order valence-electron chi connectivity index (χ1n) is 6.79. The average Bonchev–Trinajstić information content (AvgIpc) is 3.07. The number of rotatable bonds is 3. The second-order valence-electron chi connectivity index (χ2n) is 5.00. The van der Waals surface area contributed by atoms with Crippen molar-refractivity contribution in [1.82, 2.24) is 14.5 Å². The third-order valence-corrected chi connectivity index (χ3v) is 4.39. The van der Waals surface area contributed by atoms with Gasteiger partial charge in [0.2, 0.25) is 0 Å². The summed E-state index contributed by atoms with van der Waals surface area (Å²) in [5, 5.41) is 0. The van der Waals surface area contributed by atoms with Crippen LogP contribution in [0.25, 0.3) is 11.4 Å². The lowest BCUT2D eigenvalue weighted by atomic mass is 10.2. The van der Waals surface area contributed by atoms with Crippen molar-refractivity contribution in [1.29, 1.82) is 0 Å². The van der Waals surface area contributed by atoms with Crippen LogP contribution in [0.2, 0.25) is 0 Å². The highest BCUT2D eigenvalue weighted by Gasteiger charge is 2.24. The van der Waals surface area contributed by atoms with Gasteiger partial charge in [-0.05, 0) is 25.1 Å². The maximum absolute atomic E-state index is 4.54. The molecule has 2 heterocycles. The Morgan fingerprint density at radius 2 is 2.11 bits per heavy atom. The molecule has 1 aliphatic heterocycles. The molecule has 1 fully saturated rings. The first-order chi connectivity index (χ1) is 9.28. The molecular weight excluding hydrogens is 302 g/mol. The SMILES string of the molecule is CCN1CCC(n2ccnc2-c2ccc(Br)cc2)C1. The minimum Gasteiger partial charge on any atom is -0.327 e. The van der Waals surface area contributed by atoms with Crippen molar-refractivity contribution in [2.45, 2.75) is 19.4 Å². The summed E-state index contributed by atoms with van der Waals surface area (Å²) in [6, 6.07) is 8.94. The molecule has 0 saturated carbocycles. The molecule has 3 nitrogen and oxygen atoms in total. The molecule has 0 aliphatic carbocycles. The molecule has 1 aliphatic rings. The zero-order valence-electron chi connectivity index (χ0n) is 11.1. The topological polar surface area (TPSA) is 21.1 Å². The monoisotopic (exact) mass is 319 g/mol. The smallest absolute Gasteiger partial charge is 0.140 e. The molecule has 1 aromatic carbocycles. The molecule has 100 valence electrons. The number of aromatic nitrogens is 2. The van der Waals surface area contributed by atoms with Crippen LogP contribution in [0.3, 0.4) is 0 Å². The first-order valence-corrected chi connectivity index (χ1v) is 7.58. The maximum Gasteiger partial charge on any atom is 0.140 e. The van der Waals surface area contributed by atoms with Crippen molar-refractivity contribution >= 4 is 15.9 Å². The van der Waals surface area contributed by atoms with E-state index in [1.165, 1.54) is 18.5 Å². The number of imidazole rings is 1. The van der Waals surface area contributed by atoms with Crippen LogP contribution in [-0.2, 0) is 0 Å². The summed E-state index contributed by atoms with van der Waals surface area (Å²) in [5.41, 5.74) is 1.18. The van der Waals surface area contributed by atoms with Crippen molar-refractivity contribution in [2.75, 3.05) is 19.6 Å². The van der Waals surface area contributed by atoms with Crippen molar-refractivity contribution in [3.63, 3.8) is 0 Å². The highest BCUT2D eigenvalue weighted by atomic mass is 79.9. The molecule has 0 amide bonds. The van der Waals surface area contributed by atoms with Crippen LogP contribution in [0, 0.1) is 0 Å². The Bertz CT molecular complexity index is 547. The predicted octanol–water partition coefficient (Wildman–Crippen LogP) is 3.58. The molecule has 1 saturated heterocycles. The number of hydrogen-bond donors (Lipinski definition) is 0. The summed E-state index contributed by atoms with van der Waals surface area (Å²) in [6.45, 7) is 5.69. The molecular formula is C15H18BrN3. The molecule has 1 atom stereocenters. The molecule has 4 heteroatoms. The highest BCUT2D eigenvalue weighted by molar-refractivity contribution is 9.10. The van der Waals surface area contributed by atoms with E-state index in [-0.39, 0.29) is 0 Å². The lowest BCUT2D eigenvalue weighted by Crippen LogP contribution is -2.21. The lowest BCUT2D eigenvalue weighted by Gasteiger charge is -2.16. The summed E-state index contributed by atoms with van der Waals surface area (Å²) in [6.07, 6.45) is 5.24. The van der Waals surface area contributed by atoms with E-state index in [0.717, 1.165) is 23.4 Å². The Labute approximate surface area is 122 Å². The molecule has 1 unspecified atom stereocenters. The number of likely N-dealkylation sites (tertiary alicyclic amines) is 1. The standard InChI is InChI=1S/C15H18BrN3/c1-2-18-9-7-14(11-18)19-10-8-17-15(19)12-3-5-13(16)6-4-12/h3-6,8,10,14H,2,7,9,11H2,1H3. The first kappa shape index (κ1) is 12.9. The molecule has 0 bridgehead atoms. The van der Waals surface area contributed by atoms with Crippen LogP contribution in [0.5, 0.6) is 0 Å². The summed E-state index contributed by atoms with van der Waals surface area (Å²) < 4.78 is 3.44. The lowest BCUT2D eigenvalue weighted by molar-refractivity contribution is 0.342. The number of nitrogens with zero attached hydrogens (tertiary/aromatic N) is 3. The largest absolute Gasteiger partial charge is 0.327 e. The third kappa shape index (κ3) is 2.60. The molecule has 0 spiro atoms. The van der Waals surface area contributed by atoms with Crippen molar-refractivity contribution in [3.8, 4) is 11.4 Å². The van der Waals surface area contributed by atoms with Gasteiger partial charge in [0.1, 0.15) is 5.82 Å². The van der Waals surface area contributed by atoms with Gasteiger partial charge in [-0.3, -0.25) is 0 Å². The van der Waals surface area contributed by atoms with Crippen LogP contribution in [0.15, 0.2) is 41.1 Å². The van der Waals surface area contributed by atoms with Crippen molar-refractivity contribution in [3.05, 3.63) is 41.1 Å². The third-order valence-electron chi connectivity index (χ3n) is 3.86. The van der Waals surface area contributed by atoms with E-state index in [4.69, 9.17) is 0 Å². The zero-order chi connectivity index (χ0) is 13.2. The van der Waals surface area contributed by atoms with Gasteiger partial charge in [-0.25, -0.2) is 4.98 Å². The summed E-state index contributed by atoms with van der Waals surface area (Å²) in [5.74, 6) is 1.08. The van der Waals surface area contributed by atoms with Gasteiger partial charge in [-0.2, -0.15) is 0 Å². The Morgan fingerprint density at radius 1 is 1.32 bits per heavy atom. The maximum atomic E-state index is 4.54. The minimum atomic E-state index is 0.557. The summed E-state index contributed by atoms with van der Waals surface area (Å²) >= 11 is 3.48. The van der Waals surface area contributed by atoms with E-state index in [1.807, 2.05) is 6.20 Å². The zero-order valence-corrected chi connectivity index (χ0v) is 12.7. The van der Waals surface area contributed by atoms with E-state index >= 15 is 0 Å². The highest BCUT2D eigenvalue weighted by Crippen LogP contribution is 2.28. The second-order valence-corrected chi connectivity index (χ2v) is 5.92.